The molecule has 18 heavy (non-hydrogen) atoms. The van der Waals surface area contributed by atoms with Gasteiger partial charge in [-0.15, -0.1) is 0 Å². The van der Waals surface area contributed by atoms with Crippen LogP contribution in [-0.4, -0.2) is 54.5 Å². The number of rotatable bonds is 3. The van der Waals surface area contributed by atoms with Crippen LogP contribution in [0, 0.1) is 5.92 Å². The molecule has 2 heterocycles. The average Bonchev–Trinajstić information content (AvgIpc) is 2.75. The van der Waals surface area contributed by atoms with Gasteiger partial charge in [-0.1, -0.05) is 0 Å². The average molecular weight is 253 g/mol. The quantitative estimate of drug-likeness (QED) is 0.818. The maximum absolute atomic E-state index is 12.5. The first-order valence-corrected chi connectivity index (χ1v) is 7.24. The molecule has 0 aliphatic carbocycles. The van der Waals surface area contributed by atoms with Crippen molar-refractivity contribution in [2.45, 2.75) is 44.6 Å². The van der Waals surface area contributed by atoms with Gasteiger partial charge in [-0.05, 0) is 52.1 Å². The Labute approximate surface area is 110 Å². The molecule has 104 valence electrons. The molecule has 2 saturated heterocycles. The molecule has 0 aromatic carbocycles. The maximum Gasteiger partial charge on any atom is 0.223 e. The standard InChI is InChI=1S/C14H27N3O/c1-14(11-15)6-3-4-7-17(14)13(18)9-12-5-8-16(2)10-12/h12H,3-11,15H2,1-2H3. The van der Waals surface area contributed by atoms with Gasteiger partial charge in [0.2, 0.25) is 5.91 Å². The molecule has 4 heteroatoms. The Balaban J connectivity index is 1.94. The number of hydrogen-bond acceptors (Lipinski definition) is 3. The minimum atomic E-state index is -0.0974. The molecule has 0 aromatic heterocycles. The van der Waals surface area contributed by atoms with Gasteiger partial charge in [-0.2, -0.15) is 0 Å². The van der Waals surface area contributed by atoms with E-state index in [2.05, 4.69) is 23.8 Å². The highest BCUT2D eigenvalue weighted by Gasteiger charge is 2.37. The fourth-order valence-electron chi connectivity index (χ4n) is 3.37. The van der Waals surface area contributed by atoms with E-state index >= 15 is 0 Å². The summed E-state index contributed by atoms with van der Waals surface area (Å²) < 4.78 is 0. The molecule has 2 aliphatic heterocycles. The van der Waals surface area contributed by atoms with Crippen molar-refractivity contribution in [2.75, 3.05) is 33.2 Å². The summed E-state index contributed by atoms with van der Waals surface area (Å²) in [7, 11) is 2.13. The molecular weight excluding hydrogens is 226 g/mol. The molecule has 0 bridgehead atoms. The smallest absolute Gasteiger partial charge is 0.223 e. The predicted octanol–water partition coefficient (Wildman–Crippen LogP) is 1.06. The van der Waals surface area contributed by atoms with E-state index < -0.39 is 0 Å². The van der Waals surface area contributed by atoms with E-state index in [-0.39, 0.29) is 5.54 Å². The van der Waals surface area contributed by atoms with Crippen LogP contribution in [0.4, 0.5) is 0 Å². The van der Waals surface area contributed by atoms with Crippen molar-refractivity contribution in [3.63, 3.8) is 0 Å². The number of hydrogen-bond donors (Lipinski definition) is 1. The normalized spacial score (nSPS) is 33.9. The largest absolute Gasteiger partial charge is 0.336 e. The molecule has 0 aromatic rings. The fraction of sp³-hybridized carbons (Fsp3) is 0.929. The minimum absolute atomic E-state index is 0.0974. The third-order valence-electron chi connectivity index (χ3n) is 4.69. The van der Waals surface area contributed by atoms with Crippen molar-refractivity contribution in [1.29, 1.82) is 0 Å². The topological polar surface area (TPSA) is 49.6 Å². The van der Waals surface area contributed by atoms with E-state index in [1.54, 1.807) is 0 Å². The lowest BCUT2D eigenvalue weighted by Crippen LogP contribution is -2.57. The first-order valence-electron chi connectivity index (χ1n) is 7.24. The second-order valence-electron chi connectivity index (χ2n) is 6.32. The Morgan fingerprint density at radius 2 is 2.17 bits per heavy atom. The first-order chi connectivity index (χ1) is 8.55. The van der Waals surface area contributed by atoms with Crippen molar-refractivity contribution in [2.24, 2.45) is 11.7 Å². The van der Waals surface area contributed by atoms with Gasteiger partial charge in [0.15, 0.2) is 0 Å². The van der Waals surface area contributed by atoms with Gasteiger partial charge in [0.05, 0.1) is 5.54 Å². The van der Waals surface area contributed by atoms with Crippen LogP contribution in [0.25, 0.3) is 0 Å². The molecule has 2 rings (SSSR count). The summed E-state index contributed by atoms with van der Waals surface area (Å²) in [5, 5.41) is 0. The Morgan fingerprint density at radius 3 is 2.78 bits per heavy atom. The summed E-state index contributed by atoms with van der Waals surface area (Å²) in [6.07, 6.45) is 5.25. The number of piperidine rings is 1. The number of carbonyl (C=O) groups excluding carboxylic acids is 1. The van der Waals surface area contributed by atoms with E-state index in [4.69, 9.17) is 5.73 Å². The SMILES string of the molecule is CN1CCC(CC(=O)N2CCCCC2(C)CN)C1. The summed E-state index contributed by atoms with van der Waals surface area (Å²) in [6.45, 7) is 5.83. The molecule has 2 aliphatic rings. The zero-order chi connectivity index (χ0) is 13.2. The second-order valence-corrected chi connectivity index (χ2v) is 6.32. The van der Waals surface area contributed by atoms with Crippen LogP contribution in [0.5, 0.6) is 0 Å². The Bertz CT molecular complexity index is 307. The lowest BCUT2D eigenvalue weighted by Gasteiger charge is -2.44. The van der Waals surface area contributed by atoms with Crippen LogP contribution in [0.2, 0.25) is 0 Å². The molecule has 2 unspecified atom stereocenters. The lowest BCUT2D eigenvalue weighted by molar-refractivity contribution is -0.139. The monoisotopic (exact) mass is 253 g/mol. The zero-order valence-corrected chi connectivity index (χ0v) is 11.8. The van der Waals surface area contributed by atoms with E-state index in [1.807, 2.05) is 0 Å². The van der Waals surface area contributed by atoms with Crippen molar-refractivity contribution in [3.8, 4) is 0 Å². The predicted molar refractivity (Wildman–Crippen MR) is 73.2 cm³/mol. The van der Waals surface area contributed by atoms with Gasteiger partial charge in [0.1, 0.15) is 0 Å². The first kappa shape index (κ1) is 13.8. The Morgan fingerprint density at radius 1 is 1.39 bits per heavy atom. The highest BCUT2D eigenvalue weighted by Crippen LogP contribution is 2.29. The molecule has 2 N–H and O–H groups in total. The van der Waals surface area contributed by atoms with Gasteiger partial charge >= 0.3 is 0 Å². The van der Waals surface area contributed by atoms with Crippen LogP contribution >= 0.6 is 0 Å². The summed E-state index contributed by atoms with van der Waals surface area (Å²) in [6, 6.07) is 0. The molecule has 2 fully saturated rings. The van der Waals surface area contributed by atoms with Crippen molar-refractivity contribution in [1.82, 2.24) is 9.80 Å². The molecule has 0 saturated carbocycles. The third-order valence-corrected chi connectivity index (χ3v) is 4.69. The number of nitrogens with two attached hydrogens (primary N) is 1. The molecule has 1 amide bonds. The summed E-state index contributed by atoms with van der Waals surface area (Å²) >= 11 is 0. The van der Waals surface area contributed by atoms with E-state index in [1.165, 1.54) is 6.42 Å². The van der Waals surface area contributed by atoms with Crippen LogP contribution < -0.4 is 5.73 Å². The second kappa shape index (κ2) is 5.57. The summed E-state index contributed by atoms with van der Waals surface area (Å²) in [5.41, 5.74) is 5.80. The fourth-order valence-corrected chi connectivity index (χ4v) is 3.37. The minimum Gasteiger partial charge on any atom is -0.336 e. The van der Waals surface area contributed by atoms with E-state index in [0.717, 1.165) is 38.9 Å². The zero-order valence-electron chi connectivity index (χ0n) is 11.8. The highest BCUT2D eigenvalue weighted by molar-refractivity contribution is 5.77. The third kappa shape index (κ3) is 2.86. The number of amides is 1. The van der Waals surface area contributed by atoms with Crippen LogP contribution in [-0.2, 0) is 4.79 Å². The van der Waals surface area contributed by atoms with Crippen LogP contribution in [0.15, 0.2) is 0 Å². The number of likely N-dealkylation sites (tertiary alicyclic amines) is 2. The molecule has 0 radical (unpaired) electrons. The van der Waals surface area contributed by atoms with Gasteiger partial charge in [0, 0.05) is 26.1 Å². The van der Waals surface area contributed by atoms with Crippen LogP contribution in [0.1, 0.15) is 39.0 Å². The van der Waals surface area contributed by atoms with Gasteiger partial charge in [-0.25, -0.2) is 0 Å². The van der Waals surface area contributed by atoms with E-state index in [0.29, 0.717) is 24.8 Å². The van der Waals surface area contributed by atoms with Crippen molar-refractivity contribution >= 4 is 5.91 Å². The molecule has 4 nitrogen and oxygen atoms in total. The van der Waals surface area contributed by atoms with Gasteiger partial charge in [0.25, 0.3) is 0 Å². The van der Waals surface area contributed by atoms with Crippen molar-refractivity contribution < 1.29 is 4.79 Å². The van der Waals surface area contributed by atoms with Gasteiger partial charge in [-0.3, -0.25) is 4.79 Å². The lowest BCUT2D eigenvalue weighted by atomic mass is 9.87. The Kier molecular flexibility index (Phi) is 4.28. The van der Waals surface area contributed by atoms with E-state index in [9.17, 15) is 4.79 Å². The van der Waals surface area contributed by atoms with Crippen molar-refractivity contribution in [3.05, 3.63) is 0 Å². The highest BCUT2D eigenvalue weighted by atomic mass is 16.2. The number of nitrogens with zero attached hydrogens (tertiary/aromatic N) is 2. The van der Waals surface area contributed by atoms with Crippen LogP contribution in [0.3, 0.4) is 0 Å². The summed E-state index contributed by atoms with van der Waals surface area (Å²) in [4.78, 5) is 16.9. The summed E-state index contributed by atoms with van der Waals surface area (Å²) in [5.74, 6) is 0.870. The Hall–Kier alpha value is -0.610. The molecule has 2 atom stereocenters. The molecular formula is C14H27N3O. The molecule has 0 spiro atoms. The maximum atomic E-state index is 12.5. The number of carbonyl (C=O) groups is 1. The van der Waals surface area contributed by atoms with Gasteiger partial charge < -0.3 is 15.5 Å².